The van der Waals surface area contributed by atoms with Gasteiger partial charge in [0.2, 0.25) is 5.88 Å². The minimum atomic E-state index is 0.323. The molecule has 0 unspecified atom stereocenters. The summed E-state index contributed by atoms with van der Waals surface area (Å²) in [4.78, 5) is 11.6. The lowest BCUT2D eigenvalue weighted by atomic mass is 9.98. The van der Waals surface area contributed by atoms with E-state index >= 15 is 0 Å². The van der Waals surface area contributed by atoms with E-state index in [2.05, 4.69) is 29.0 Å². The molecule has 1 aliphatic carbocycles. The van der Waals surface area contributed by atoms with Crippen LogP contribution in [0.3, 0.4) is 0 Å². The van der Waals surface area contributed by atoms with E-state index in [0.29, 0.717) is 18.8 Å². The summed E-state index contributed by atoms with van der Waals surface area (Å²) >= 11 is 0. The topological polar surface area (TPSA) is 59.0 Å². The molecule has 2 fully saturated rings. The molecule has 0 spiro atoms. The van der Waals surface area contributed by atoms with Crippen molar-refractivity contribution in [2.75, 3.05) is 26.2 Å². The van der Waals surface area contributed by atoms with E-state index in [1.54, 1.807) is 0 Å². The molecule has 1 aromatic heterocycles. The van der Waals surface area contributed by atoms with Gasteiger partial charge in [0.05, 0.1) is 12.6 Å². The van der Waals surface area contributed by atoms with Crippen LogP contribution < -0.4 is 10.1 Å². The van der Waals surface area contributed by atoms with Crippen LogP contribution in [0.1, 0.15) is 64.4 Å². The number of hydrogen-bond acceptors (Lipinski definition) is 4. The molecule has 0 bridgehead atoms. The molecule has 1 aliphatic heterocycles. The number of aliphatic imine (C=N–C) groups is 1. The molecule has 1 saturated carbocycles. The maximum atomic E-state index is 6.10. The van der Waals surface area contributed by atoms with Crippen LogP contribution in [0.5, 0.6) is 5.88 Å². The normalized spacial score (nSPS) is 19.6. The SMILES string of the molecule is CCNC(=NCc1ccnc(OC2CCCCC2)c1)N1CCC(OCC)CC1. The molecule has 1 N–H and O–H groups in total. The molecule has 1 aromatic rings. The fourth-order valence-corrected chi connectivity index (χ4v) is 4.03. The molecule has 1 saturated heterocycles. The van der Waals surface area contributed by atoms with E-state index in [-0.39, 0.29) is 0 Å². The van der Waals surface area contributed by atoms with E-state index in [4.69, 9.17) is 14.5 Å². The minimum Gasteiger partial charge on any atom is -0.474 e. The van der Waals surface area contributed by atoms with Crippen LogP contribution in [0.25, 0.3) is 0 Å². The molecule has 156 valence electrons. The molecule has 2 heterocycles. The first kappa shape index (κ1) is 20.9. The number of nitrogens with one attached hydrogen (secondary N) is 1. The van der Waals surface area contributed by atoms with Gasteiger partial charge in [-0.25, -0.2) is 9.98 Å². The summed E-state index contributed by atoms with van der Waals surface area (Å²) in [6, 6.07) is 4.07. The molecule has 6 nitrogen and oxygen atoms in total. The van der Waals surface area contributed by atoms with Crippen molar-refractivity contribution in [2.24, 2.45) is 4.99 Å². The van der Waals surface area contributed by atoms with E-state index in [9.17, 15) is 0 Å². The highest BCUT2D eigenvalue weighted by Gasteiger charge is 2.21. The number of piperidine rings is 1. The highest BCUT2D eigenvalue weighted by molar-refractivity contribution is 5.80. The summed E-state index contributed by atoms with van der Waals surface area (Å²) in [6.07, 6.45) is 10.8. The van der Waals surface area contributed by atoms with Gasteiger partial charge in [0.1, 0.15) is 6.10 Å². The van der Waals surface area contributed by atoms with Crippen LogP contribution in [0.4, 0.5) is 0 Å². The van der Waals surface area contributed by atoms with Gasteiger partial charge in [-0.15, -0.1) is 0 Å². The van der Waals surface area contributed by atoms with Crippen LogP contribution in [-0.4, -0.2) is 54.3 Å². The zero-order chi connectivity index (χ0) is 19.6. The third-order valence-electron chi connectivity index (χ3n) is 5.53. The number of rotatable bonds is 7. The van der Waals surface area contributed by atoms with Crippen LogP contribution in [0.15, 0.2) is 23.3 Å². The summed E-state index contributed by atoms with van der Waals surface area (Å²) < 4.78 is 11.9. The minimum absolute atomic E-state index is 0.323. The summed E-state index contributed by atoms with van der Waals surface area (Å²) in [6.45, 7) is 8.47. The molecule has 0 amide bonds. The first-order valence-corrected chi connectivity index (χ1v) is 11.0. The van der Waals surface area contributed by atoms with Crippen molar-refractivity contribution in [1.29, 1.82) is 0 Å². The van der Waals surface area contributed by atoms with Gasteiger partial charge in [-0.2, -0.15) is 0 Å². The maximum absolute atomic E-state index is 6.10. The van der Waals surface area contributed by atoms with Crippen LogP contribution >= 0.6 is 0 Å². The summed E-state index contributed by atoms with van der Waals surface area (Å²) in [5, 5.41) is 3.44. The van der Waals surface area contributed by atoms with Crippen molar-refractivity contribution < 1.29 is 9.47 Å². The third kappa shape index (κ3) is 6.36. The molecule has 2 aliphatic rings. The summed E-state index contributed by atoms with van der Waals surface area (Å²) in [5.74, 6) is 1.73. The van der Waals surface area contributed by atoms with E-state index in [0.717, 1.165) is 69.3 Å². The van der Waals surface area contributed by atoms with Gasteiger partial charge in [0, 0.05) is 38.5 Å². The Balaban J connectivity index is 1.57. The Hall–Kier alpha value is -1.82. The Bertz CT molecular complexity index is 608. The summed E-state index contributed by atoms with van der Waals surface area (Å²) in [7, 11) is 0. The average molecular weight is 389 g/mol. The molecular formula is C22H36N4O2. The lowest BCUT2D eigenvalue weighted by Gasteiger charge is -2.34. The molecule has 6 heteroatoms. The van der Waals surface area contributed by atoms with Crippen molar-refractivity contribution >= 4 is 5.96 Å². The first-order chi connectivity index (χ1) is 13.8. The molecule has 0 aromatic carbocycles. The summed E-state index contributed by atoms with van der Waals surface area (Å²) in [5.41, 5.74) is 1.14. The average Bonchev–Trinajstić information content (AvgIpc) is 2.73. The van der Waals surface area contributed by atoms with Crippen molar-refractivity contribution in [3.63, 3.8) is 0 Å². The Labute approximate surface area is 169 Å². The number of likely N-dealkylation sites (tertiary alicyclic amines) is 1. The van der Waals surface area contributed by atoms with Gasteiger partial charge in [-0.3, -0.25) is 0 Å². The smallest absolute Gasteiger partial charge is 0.213 e. The van der Waals surface area contributed by atoms with Crippen molar-refractivity contribution in [2.45, 2.75) is 77.5 Å². The largest absolute Gasteiger partial charge is 0.474 e. The second kappa shape index (κ2) is 11.2. The zero-order valence-electron chi connectivity index (χ0n) is 17.5. The Morgan fingerprint density at radius 3 is 2.64 bits per heavy atom. The molecule has 0 atom stereocenters. The number of ether oxygens (including phenoxy) is 2. The highest BCUT2D eigenvalue weighted by atomic mass is 16.5. The van der Waals surface area contributed by atoms with Crippen LogP contribution in [0, 0.1) is 0 Å². The van der Waals surface area contributed by atoms with E-state index in [1.807, 2.05) is 18.3 Å². The van der Waals surface area contributed by atoms with Gasteiger partial charge in [-0.1, -0.05) is 6.42 Å². The highest BCUT2D eigenvalue weighted by Crippen LogP contribution is 2.23. The fourth-order valence-electron chi connectivity index (χ4n) is 4.03. The lowest BCUT2D eigenvalue weighted by molar-refractivity contribution is 0.0263. The van der Waals surface area contributed by atoms with Crippen LogP contribution in [-0.2, 0) is 11.3 Å². The van der Waals surface area contributed by atoms with Crippen molar-refractivity contribution in [3.8, 4) is 5.88 Å². The number of pyridine rings is 1. The molecular weight excluding hydrogens is 352 g/mol. The quantitative estimate of drug-likeness (QED) is 0.569. The Morgan fingerprint density at radius 2 is 1.93 bits per heavy atom. The Kier molecular flexibility index (Phi) is 8.40. The monoisotopic (exact) mass is 388 g/mol. The number of guanidine groups is 1. The second-order valence-corrected chi connectivity index (χ2v) is 7.69. The third-order valence-corrected chi connectivity index (χ3v) is 5.53. The predicted octanol–water partition coefficient (Wildman–Crippen LogP) is 3.76. The fraction of sp³-hybridized carbons (Fsp3) is 0.727. The van der Waals surface area contributed by atoms with Gasteiger partial charge >= 0.3 is 0 Å². The predicted molar refractivity (Wildman–Crippen MR) is 113 cm³/mol. The zero-order valence-corrected chi connectivity index (χ0v) is 17.5. The standard InChI is InChI=1S/C22H36N4O2/c1-3-23-22(26-14-11-19(12-15-26)27-4-2)25-17-18-10-13-24-21(16-18)28-20-8-6-5-7-9-20/h10,13,16,19-20H,3-9,11-12,14-15,17H2,1-2H3,(H,23,25). The van der Waals surface area contributed by atoms with E-state index in [1.165, 1.54) is 19.3 Å². The van der Waals surface area contributed by atoms with Gasteiger partial charge in [0.15, 0.2) is 5.96 Å². The van der Waals surface area contributed by atoms with Crippen molar-refractivity contribution in [1.82, 2.24) is 15.2 Å². The number of aromatic nitrogens is 1. The van der Waals surface area contributed by atoms with E-state index < -0.39 is 0 Å². The molecule has 3 rings (SSSR count). The number of hydrogen-bond donors (Lipinski definition) is 1. The lowest BCUT2D eigenvalue weighted by Crippen LogP contribution is -2.47. The van der Waals surface area contributed by atoms with Crippen LogP contribution in [0.2, 0.25) is 0 Å². The molecule has 28 heavy (non-hydrogen) atoms. The molecule has 0 radical (unpaired) electrons. The second-order valence-electron chi connectivity index (χ2n) is 7.69. The van der Waals surface area contributed by atoms with Gasteiger partial charge in [-0.05, 0) is 64.0 Å². The first-order valence-electron chi connectivity index (χ1n) is 11.0. The Morgan fingerprint density at radius 1 is 1.14 bits per heavy atom. The maximum Gasteiger partial charge on any atom is 0.213 e. The van der Waals surface area contributed by atoms with Crippen molar-refractivity contribution in [3.05, 3.63) is 23.9 Å². The van der Waals surface area contributed by atoms with Gasteiger partial charge < -0.3 is 19.7 Å². The number of nitrogens with zero attached hydrogens (tertiary/aromatic N) is 3. The van der Waals surface area contributed by atoms with Gasteiger partial charge in [0.25, 0.3) is 0 Å².